The molecule has 0 spiro atoms. The lowest BCUT2D eigenvalue weighted by atomic mass is 9.84. The number of nitrogens with zero attached hydrogens (tertiary/aromatic N) is 1. The number of carbonyl (C=O) groups is 2. The Bertz CT molecular complexity index is 500. The van der Waals surface area contributed by atoms with Gasteiger partial charge in [-0.3, -0.25) is 4.79 Å². The van der Waals surface area contributed by atoms with Crippen LogP contribution in [0, 0.1) is 5.92 Å². The largest absolute Gasteiger partial charge is 0.480 e. The van der Waals surface area contributed by atoms with Crippen molar-refractivity contribution in [2.75, 3.05) is 6.54 Å². The molecule has 1 fully saturated rings. The molecule has 2 rings (SSSR count). The van der Waals surface area contributed by atoms with Gasteiger partial charge in [0.1, 0.15) is 6.04 Å². The van der Waals surface area contributed by atoms with Crippen LogP contribution in [0.25, 0.3) is 0 Å². The first-order chi connectivity index (χ1) is 10.1. The van der Waals surface area contributed by atoms with Gasteiger partial charge in [0.15, 0.2) is 0 Å². The van der Waals surface area contributed by atoms with Gasteiger partial charge in [0, 0.05) is 6.54 Å². The molecular formula is C17H23NO3. The van der Waals surface area contributed by atoms with E-state index in [1.165, 1.54) is 0 Å². The number of rotatable bonds is 5. The smallest absolute Gasteiger partial charge is 0.326 e. The summed E-state index contributed by atoms with van der Waals surface area (Å²) in [4.78, 5) is 25.8. The normalized spacial score (nSPS) is 21.0. The van der Waals surface area contributed by atoms with Crippen molar-refractivity contribution in [1.82, 2.24) is 4.90 Å². The standard InChI is InChI=1S/C17H23NO3/c1-3-12(2)15(13-8-5-4-6-9-13)16(19)18-11-7-10-14(18)17(20)21/h4-6,8-9,12,14-15H,3,7,10-11H2,1-2H3,(H,20,21)/t12?,14-,15?/m0/s1. The topological polar surface area (TPSA) is 57.6 Å². The quantitative estimate of drug-likeness (QED) is 0.906. The summed E-state index contributed by atoms with van der Waals surface area (Å²) in [6.07, 6.45) is 2.21. The molecular weight excluding hydrogens is 266 g/mol. The summed E-state index contributed by atoms with van der Waals surface area (Å²) in [7, 11) is 0. The Balaban J connectivity index is 2.29. The number of amides is 1. The Kier molecular flexibility index (Phi) is 4.99. The number of likely N-dealkylation sites (tertiary alicyclic amines) is 1. The van der Waals surface area contributed by atoms with E-state index in [1.807, 2.05) is 30.3 Å². The van der Waals surface area contributed by atoms with Crippen LogP contribution in [0.1, 0.15) is 44.6 Å². The second-order valence-corrected chi connectivity index (χ2v) is 5.80. The molecule has 3 atom stereocenters. The Morgan fingerprint density at radius 2 is 2.00 bits per heavy atom. The van der Waals surface area contributed by atoms with Gasteiger partial charge in [0.2, 0.25) is 5.91 Å². The maximum atomic E-state index is 12.9. The molecule has 1 N–H and O–H groups in total. The van der Waals surface area contributed by atoms with Crippen LogP contribution in [0.5, 0.6) is 0 Å². The first kappa shape index (κ1) is 15.5. The van der Waals surface area contributed by atoms with E-state index in [2.05, 4.69) is 13.8 Å². The lowest BCUT2D eigenvalue weighted by Crippen LogP contribution is -2.44. The average molecular weight is 289 g/mol. The molecule has 4 nitrogen and oxygen atoms in total. The second-order valence-electron chi connectivity index (χ2n) is 5.80. The van der Waals surface area contributed by atoms with Crippen LogP contribution in [0.2, 0.25) is 0 Å². The third-order valence-corrected chi connectivity index (χ3v) is 4.46. The zero-order valence-corrected chi connectivity index (χ0v) is 12.7. The Labute approximate surface area is 125 Å². The van der Waals surface area contributed by atoms with Crippen LogP contribution in [0.15, 0.2) is 30.3 Å². The SMILES string of the molecule is CCC(C)C(C(=O)N1CCC[C@H]1C(=O)O)c1ccccc1. The van der Waals surface area contributed by atoms with Crippen molar-refractivity contribution in [3.05, 3.63) is 35.9 Å². The Morgan fingerprint density at radius 3 is 2.57 bits per heavy atom. The summed E-state index contributed by atoms with van der Waals surface area (Å²) < 4.78 is 0. The minimum atomic E-state index is -0.892. The molecule has 21 heavy (non-hydrogen) atoms. The first-order valence-electron chi connectivity index (χ1n) is 7.64. The van der Waals surface area contributed by atoms with Crippen molar-refractivity contribution >= 4 is 11.9 Å². The van der Waals surface area contributed by atoms with Gasteiger partial charge in [-0.1, -0.05) is 50.6 Å². The van der Waals surface area contributed by atoms with Gasteiger partial charge in [-0.15, -0.1) is 0 Å². The van der Waals surface area contributed by atoms with Crippen molar-refractivity contribution in [3.63, 3.8) is 0 Å². The molecule has 0 aromatic heterocycles. The molecule has 1 aromatic rings. The van der Waals surface area contributed by atoms with Gasteiger partial charge in [-0.05, 0) is 24.3 Å². The highest BCUT2D eigenvalue weighted by molar-refractivity contribution is 5.89. The van der Waals surface area contributed by atoms with E-state index in [9.17, 15) is 14.7 Å². The van der Waals surface area contributed by atoms with Crippen molar-refractivity contribution < 1.29 is 14.7 Å². The predicted molar refractivity (Wildman–Crippen MR) is 81.0 cm³/mol. The van der Waals surface area contributed by atoms with E-state index in [-0.39, 0.29) is 17.7 Å². The van der Waals surface area contributed by atoms with Gasteiger partial charge in [0.25, 0.3) is 0 Å². The zero-order valence-electron chi connectivity index (χ0n) is 12.7. The highest BCUT2D eigenvalue weighted by Crippen LogP contribution is 2.31. The molecule has 1 aliphatic heterocycles. The van der Waals surface area contributed by atoms with Crippen molar-refractivity contribution in [2.45, 2.75) is 45.1 Å². The predicted octanol–water partition coefficient (Wildman–Crippen LogP) is 2.89. The lowest BCUT2D eigenvalue weighted by molar-refractivity contribution is -0.149. The van der Waals surface area contributed by atoms with E-state index >= 15 is 0 Å². The van der Waals surface area contributed by atoms with E-state index in [4.69, 9.17) is 0 Å². The molecule has 1 heterocycles. The van der Waals surface area contributed by atoms with Crippen LogP contribution in [-0.2, 0) is 9.59 Å². The van der Waals surface area contributed by atoms with E-state index in [0.717, 1.165) is 18.4 Å². The fourth-order valence-electron chi connectivity index (χ4n) is 3.08. The number of carboxylic acids is 1. The molecule has 1 amide bonds. The summed E-state index contributed by atoms with van der Waals surface area (Å²) in [6, 6.07) is 9.04. The van der Waals surface area contributed by atoms with Crippen LogP contribution in [0.3, 0.4) is 0 Å². The monoisotopic (exact) mass is 289 g/mol. The highest BCUT2D eigenvalue weighted by atomic mass is 16.4. The fourth-order valence-corrected chi connectivity index (χ4v) is 3.08. The highest BCUT2D eigenvalue weighted by Gasteiger charge is 2.38. The van der Waals surface area contributed by atoms with E-state index in [1.54, 1.807) is 4.90 Å². The number of hydrogen-bond donors (Lipinski definition) is 1. The van der Waals surface area contributed by atoms with Gasteiger partial charge < -0.3 is 10.0 Å². The van der Waals surface area contributed by atoms with Crippen LogP contribution >= 0.6 is 0 Å². The third-order valence-electron chi connectivity index (χ3n) is 4.46. The minimum absolute atomic E-state index is 0.0412. The van der Waals surface area contributed by atoms with Crippen molar-refractivity contribution in [2.24, 2.45) is 5.92 Å². The molecule has 0 saturated carbocycles. The maximum Gasteiger partial charge on any atom is 0.326 e. The first-order valence-corrected chi connectivity index (χ1v) is 7.64. The molecule has 4 heteroatoms. The fraction of sp³-hybridized carbons (Fsp3) is 0.529. The molecule has 0 bridgehead atoms. The number of carboxylic acid groups (broad SMARTS) is 1. The van der Waals surface area contributed by atoms with Gasteiger partial charge in [-0.25, -0.2) is 4.79 Å². The lowest BCUT2D eigenvalue weighted by Gasteiger charge is -2.30. The second kappa shape index (κ2) is 6.74. The van der Waals surface area contributed by atoms with Gasteiger partial charge >= 0.3 is 5.97 Å². The number of hydrogen-bond acceptors (Lipinski definition) is 2. The number of aliphatic carboxylic acids is 1. The number of benzene rings is 1. The van der Waals surface area contributed by atoms with E-state index < -0.39 is 12.0 Å². The molecule has 2 unspecified atom stereocenters. The molecule has 0 radical (unpaired) electrons. The maximum absolute atomic E-state index is 12.9. The van der Waals surface area contributed by atoms with Crippen LogP contribution in [0.4, 0.5) is 0 Å². The van der Waals surface area contributed by atoms with E-state index in [0.29, 0.717) is 13.0 Å². The molecule has 1 aromatic carbocycles. The third kappa shape index (κ3) is 3.26. The Morgan fingerprint density at radius 1 is 1.33 bits per heavy atom. The zero-order chi connectivity index (χ0) is 15.4. The van der Waals surface area contributed by atoms with Crippen LogP contribution < -0.4 is 0 Å². The van der Waals surface area contributed by atoms with Crippen molar-refractivity contribution in [1.29, 1.82) is 0 Å². The molecule has 114 valence electrons. The minimum Gasteiger partial charge on any atom is -0.480 e. The van der Waals surface area contributed by atoms with Crippen LogP contribution in [-0.4, -0.2) is 34.5 Å². The van der Waals surface area contributed by atoms with Crippen molar-refractivity contribution in [3.8, 4) is 0 Å². The summed E-state index contributed by atoms with van der Waals surface area (Å²) >= 11 is 0. The molecule has 1 saturated heterocycles. The summed E-state index contributed by atoms with van der Waals surface area (Å²) in [5.41, 5.74) is 0.980. The summed E-state index contributed by atoms with van der Waals surface area (Å²) in [5.74, 6) is -0.997. The number of carbonyl (C=O) groups excluding carboxylic acids is 1. The van der Waals surface area contributed by atoms with Gasteiger partial charge in [-0.2, -0.15) is 0 Å². The van der Waals surface area contributed by atoms with Gasteiger partial charge in [0.05, 0.1) is 5.92 Å². The summed E-state index contributed by atoms with van der Waals surface area (Å²) in [6.45, 7) is 4.67. The summed E-state index contributed by atoms with van der Waals surface area (Å²) in [5, 5.41) is 9.29. The molecule has 1 aliphatic rings. The average Bonchev–Trinajstić information content (AvgIpc) is 2.98. The molecule has 0 aliphatic carbocycles. The Hall–Kier alpha value is -1.84.